The van der Waals surface area contributed by atoms with Gasteiger partial charge in [-0.25, -0.2) is 8.42 Å². The SMILES string of the molecule is C/C=C/C=C/C(=O)NCc1ccccc1NS(=O)(=O)c1ccccc1. The first-order valence-electron chi connectivity index (χ1n) is 7.76. The number of allylic oxidation sites excluding steroid dienone is 3. The Bertz CT molecular complexity index is 873. The molecule has 25 heavy (non-hydrogen) atoms. The molecule has 130 valence electrons. The third-order valence-corrected chi connectivity index (χ3v) is 4.70. The number of sulfonamides is 1. The Morgan fingerprint density at radius 2 is 1.68 bits per heavy atom. The Balaban J connectivity index is 2.12. The van der Waals surface area contributed by atoms with E-state index in [0.717, 1.165) is 0 Å². The molecule has 0 unspecified atom stereocenters. The molecule has 0 aliphatic rings. The maximum atomic E-state index is 12.4. The smallest absolute Gasteiger partial charge is 0.261 e. The van der Waals surface area contributed by atoms with Crippen LogP contribution in [0.15, 0.2) is 83.8 Å². The number of nitrogens with one attached hydrogen (secondary N) is 2. The number of carbonyl (C=O) groups excluding carboxylic acids is 1. The third-order valence-electron chi connectivity index (χ3n) is 3.32. The first kappa shape index (κ1) is 18.5. The average molecular weight is 356 g/mol. The Morgan fingerprint density at radius 1 is 1.00 bits per heavy atom. The van der Waals surface area contributed by atoms with Crippen molar-refractivity contribution in [2.24, 2.45) is 0 Å². The van der Waals surface area contributed by atoms with Gasteiger partial charge in [-0.2, -0.15) is 0 Å². The van der Waals surface area contributed by atoms with Gasteiger partial charge in [-0.1, -0.05) is 54.6 Å². The van der Waals surface area contributed by atoms with E-state index in [4.69, 9.17) is 0 Å². The molecule has 0 spiro atoms. The molecule has 0 bridgehead atoms. The summed E-state index contributed by atoms with van der Waals surface area (Å²) in [4.78, 5) is 11.9. The van der Waals surface area contributed by atoms with Gasteiger partial charge in [0.25, 0.3) is 10.0 Å². The molecular formula is C19H20N2O3S. The van der Waals surface area contributed by atoms with Gasteiger partial charge in [-0.15, -0.1) is 0 Å². The van der Waals surface area contributed by atoms with Crippen molar-refractivity contribution in [3.63, 3.8) is 0 Å². The molecule has 0 heterocycles. The van der Waals surface area contributed by atoms with Crippen molar-refractivity contribution in [1.29, 1.82) is 0 Å². The highest BCUT2D eigenvalue weighted by molar-refractivity contribution is 7.92. The summed E-state index contributed by atoms with van der Waals surface area (Å²) >= 11 is 0. The quantitative estimate of drug-likeness (QED) is 0.591. The maximum Gasteiger partial charge on any atom is 0.261 e. The molecule has 0 aliphatic carbocycles. The molecule has 6 heteroatoms. The van der Waals surface area contributed by atoms with Crippen LogP contribution in [0.2, 0.25) is 0 Å². The van der Waals surface area contributed by atoms with Crippen LogP contribution in [0.25, 0.3) is 0 Å². The zero-order valence-corrected chi connectivity index (χ0v) is 14.7. The fourth-order valence-corrected chi connectivity index (χ4v) is 3.19. The highest BCUT2D eigenvalue weighted by Crippen LogP contribution is 2.19. The second kappa shape index (κ2) is 8.84. The lowest BCUT2D eigenvalue weighted by Gasteiger charge is -2.13. The molecule has 2 N–H and O–H groups in total. The lowest BCUT2D eigenvalue weighted by Crippen LogP contribution is -2.22. The highest BCUT2D eigenvalue weighted by Gasteiger charge is 2.15. The maximum absolute atomic E-state index is 12.4. The Morgan fingerprint density at radius 3 is 2.40 bits per heavy atom. The second-order valence-electron chi connectivity index (χ2n) is 5.18. The van der Waals surface area contributed by atoms with Gasteiger partial charge in [0.15, 0.2) is 0 Å². The summed E-state index contributed by atoms with van der Waals surface area (Å²) in [7, 11) is -3.68. The minimum atomic E-state index is -3.68. The molecule has 5 nitrogen and oxygen atoms in total. The number of amides is 1. The van der Waals surface area contributed by atoms with E-state index in [0.29, 0.717) is 11.3 Å². The number of rotatable bonds is 7. The normalized spacial score (nSPS) is 11.7. The summed E-state index contributed by atoms with van der Waals surface area (Å²) in [5.74, 6) is -0.251. The summed E-state index contributed by atoms with van der Waals surface area (Å²) in [5.41, 5.74) is 1.11. The zero-order valence-electron chi connectivity index (χ0n) is 13.8. The van der Waals surface area contributed by atoms with Gasteiger partial charge in [-0.05, 0) is 30.7 Å². The Kier molecular flexibility index (Phi) is 6.54. The standard InChI is InChI=1S/C19H20N2O3S/c1-2-3-5-14-19(22)20-15-16-10-8-9-13-18(16)21-25(23,24)17-11-6-4-7-12-17/h2-14,21H,15H2,1H3,(H,20,22)/b3-2+,14-5+. The molecule has 2 aromatic carbocycles. The molecule has 0 fully saturated rings. The van der Waals surface area contributed by atoms with E-state index >= 15 is 0 Å². The zero-order chi connectivity index (χ0) is 18.1. The van der Waals surface area contributed by atoms with Crippen molar-refractivity contribution in [2.75, 3.05) is 4.72 Å². The monoisotopic (exact) mass is 356 g/mol. The summed E-state index contributed by atoms with van der Waals surface area (Å²) in [5, 5.41) is 2.73. The first-order chi connectivity index (χ1) is 12.0. The summed E-state index contributed by atoms with van der Waals surface area (Å²) in [6, 6.07) is 15.1. The summed E-state index contributed by atoms with van der Waals surface area (Å²) in [6.45, 7) is 2.07. The molecule has 0 saturated heterocycles. The van der Waals surface area contributed by atoms with Gasteiger partial charge in [0.1, 0.15) is 0 Å². The highest BCUT2D eigenvalue weighted by atomic mass is 32.2. The largest absolute Gasteiger partial charge is 0.348 e. The van der Waals surface area contributed by atoms with Gasteiger partial charge in [0.05, 0.1) is 10.6 Å². The van der Waals surface area contributed by atoms with Crippen molar-refractivity contribution in [3.05, 3.63) is 84.5 Å². The van der Waals surface area contributed by atoms with Crippen LogP contribution >= 0.6 is 0 Å². The van der Waals surface area contributed by atoms with E-state index in [2.05, 4.69) is 10.0 Å². The summed E-state index contributed by atoms with van der Waals surface area (Å²) in [6.07, 6.45) is 6.62. The lowest BCUT2D eigenvalue weighted by molar-refractivity contribution is -0.116. The molecule has 1 amide bonds. The van der Waals surface area contributed by atoms with E-state index in [1.807, 2.05) is 13.0 Å². The number of para-hydroxylation sites is 1. The minimum absolute atomic E-state index is 0.183. The molecule has 0 aliphatic heterocycles. The van der Waals surface area contributed by atoms with Crippen molar-refractivity contribution < 1.29 is 13.2 Å². The van der Waals surface area contributed by atoms with Gasteiger partial charge in [0.2, 0.25) is 5.91 Å². The topological polar surface area (TPSA) is 75.3 Å². The van der Waals surface area contributed by atoms with E-state index < -0.39 is 10.0 Å². The van der Waals surface area contributed by atoms with Gasteiger partial charge < -0.3 is 5.32 Å². The molecule has 0 aromatic heterocycles. The second-order valence-corrected chi connectivity index (χ2v) is 6.86. The predicted octanol–water partition coefficient (Wildman–Crippen LogP) is 3.24. The van der Waals surface area contributed by atoms with Crippen molar-refractivity contribution >= 4 is 21.6 Å². The van der Waals surface area contributed by atoms with E-state index in [1.165, 1.54) is 18.2 Å². The van der Waals surface area contributed by atoms with Crippen LogP contribution in [0.4, 0.5) is 5.69 Å². The van der Waals surface area contributed by atoms with Crippen LogP contribution in [0, 0.1) is 0 Å². The van der Waals surface area contributed by atoms with Crippen LogP contribution in [-0.4, -0.2) is 14.3 Å². The lowest BCUT2D eigenvalue weighted by atomic mass is 10.2. The number of benzene rings is 2. The van der Waals surface area contributed by atoms with Crippen LogP contribution < -0.4 is 10.0 Å². The van der Waals surface area contributed by atoms with Crippen LogP contribution in [0.3, 0.4) is 0 Å². The average Bonchev–Trinajstić information content (AvgIpc) is 2.62. The van der Waals surface area contributed by atoms with Gasteiger partial charge in [-0.3, -0.25) is 9.52 Å². The van der Waals surface area contributed by atoms with Gasteiger partial charge in [0, 0.05) is 12.6 Å². The number of hydrogen-bond acceptors (Lipinski definition) is 3. The first-order valence-corrected chi connectivity index (χ1v) is 9.24. The third kappa shape index (κ3) is 5.61. The molecule has 2 rings (SSSR count). The van der Waals surface area contributed by atoms with E-state index in [-0.39, 0.29) is 17.3 Å². The fourth-order valence-electron chi connectivity index (χ4n) is 2.07. The Labute approximate surface area is 148 Å². The van der Waals surface area contributed by atoms with Gasteiger partial charge >= 0.3 is 0 Å². The minimum Gasteiger partial charge on any atom is -0.348 e. The van der Waals surface area contributed by atoms with Crippen LogP contribution in [0.1, 0.15) is 12.5 Å². The Hall–Kier alpha value is -2.86. The van der Waals surface area contributed by atoms with Crippen LogP contribution in [0.5, 0.6) is 0 Å². The number of carbonyl (C=O) groups is 1. The number of hydrogen-bond donors (Lipinski definition) is 2. The van der Waals surface area contributed by atoms with E-state index in [9.17, 15) is 13.2 Å². The number of anilines is 1. The molecule has 0 saturated carbocycles. The van der Waals surface area contributed by atoms with Crippen LogP contribution in [-0.2, 0) is 21.4 Å². The molecule has 0 radical (unpaired) electrons. The summed E-state index contributed by atoms with van der Waals surface area (Å²) < 4.78 is 27.5. The fraction of sp³-hybridized carbons (Fsp3) is 0.105. The molecule has 2 aromatic rings. The van der Waals surface area contributed by atoms with Crippen molar-refractivity contribution in [2.45, 2.75) is 18.4 Å². The van der Waals surface area contributed by atoms with Crippen molar-refractivity contribution in [3.8, 4) is 0 Å². The molecule has 0 atom stereocenters. The van der Waals surface area contributed by atoms with Crippen molar-refractivity contribution in [1.82, 2.24) is 5.32 Å². The molecular weight excluding hydrogens is 336 g/mol. The van der Waals surface area contributed by atoms with E-state index in [1.54, 1.807) is 54.6 Å². The predicted molar refractivity (Wildman–Crippen MR) is 99.5 cm³/mol.